The number of hydrogen-bond acceptors (Lipinski definition) is 2. The van der Waals surface area contributed by atoms with Crippen molar-refractivity contribution in [2.24, 2.45) is 5.92 Å². The minimum absolute atomic E-state index is 0.261. The van der Waals surface area contributed by atoms with Crippen LogP contribution < -0.4 is 5.32 Å². The van der Waals surface area contributed by atoms with E-state index >= 15 is 0 Å². The van der Waals surface area contributed by atoms with Gasteiger partial charge in [-0.25, -0.2) is 0 Å². The first-order chi connectivity index (χ1) is 6.86. The van der Waals surface area contributed by atoms with Crippen molar-refractivity contribution in [1.82, 2.24) is 5.32 Å². The second-order valence-corrected chi connectivity index (χ2v) is 4.34. The van der Waals surface area contributed by atoms with Crippen LogP contribution in [-0.4, -0.2) is 25.2 Å². The number of amides is 1. The zero-order valence-electron chi connectivity index (χ0n) is 8.63. The Bertz CT molecular complexity index is 199. The quantitative estimate of drug-likeness (QED) is 0.741. The Balaban J connectivity index is 1.60. The molecule has 80 valence electrons. The molecule has 0 aromatic heterocycles. The number of ether oxygens (including phenoxy) is 1. The lowest BCUT2D eigenvalue weighted by molar-refractivity contribution is -0.122. The van der Waals surface area contributed by atoms with Gasteiger partial charge in [0.15, 0.2) is 0 Å². The van der Waals surface area contributed by atoms with Gasteiger partial charge in [0.05, 0.1) is 6.10 Å². The number of carbonyl (C=O) groups excluding carboxylic acids is 1. The van der Waals surface area contributed by atoms with Crippen molar-refractivity contribution < 1.29 is 9.53 Å². The molecule has 2 unspecified atom stereocenters. The normalized spacial score (nSPS) is 32.1. The smallest absolute Gasteiger partial charge is 0.223 e. The molecule has 1 amide bonds. The maximum atomic E-state index is 11.3. The Morgan fingerprint density at radius 1 is 1.36 bits per heavy atom. The zero-order chi connectivity index (χ0) is 9.80. The fraction of sp³-hybridized carbons (Fsp3) is 0.909. The van der Waals surface area contributed by atoms with Gasteiger partial charge in [-0.15, -0.1) is 0 Å². The van der Waals surface area contributed by atoms with Gasteiger partial charge < -0.3 is 10.1 Å². The molecule has 0 aliphatic carbocycles. The van der Waals surface area contributed by atoms with Gasteiger partial charge in [0.1, 0.15) is 0 Å². The van der Waals surface area contributed by atoms with Crippen molar-refractivity contribution in [3.8, 4) is 0 Å². The van der Waals surface area contributed by atoms with Crippen molar-refractivity contribution in [2.45, 2.75) is 44.6 Å². The summed E-state index contributed by atoms with van der Waals surface area (Å²) in [6.45, 7) is 1.82. The molecule has 3 heteroatoms. The van der Waals surface area contributed by atoms with E-state index in [2.05, 4.69) is 5.32 Å². The first kappa shape index (κ1) is 9.97. The number of nitrogens with one attached hydrogen (secondary N) is 1. The van der Waals surface area contributed by atoms with Crippen LogP contribution in [0.1, 0.15) is 38.5 Å². The average molecular weight is 197 g/mol. The molecule has 14 heavy (non-hydrogen) atoms. The van der Waals surface area contributed by atoms with Crippen LogP contribution in [0.5, 0.6) is 0 Å². The molecule has 0 aromatic carbocycles. The third kappa shape index (κ3) is 2.47. The first-order valence-corrected chi connectivity index (χ1v) is 5.75. The Kier molecular flexibility index (Phi) is 3.40. The van der Waals surface area contributed by atoms with Gasteiger partial charge >= 0.3 is 0 Å². The highest BCUT2D eigenvalue weighted by molar-refractivity contribution is 5.80. The summed E-state index contributed by atoms with van der Waals surface area (Å²) in [5.74, 6) is 0.550. The lowest BCUT2D eigenvalue weighted by Crippen LogP contribution is -2.19. The molecule has 0 saturated carbocycles. The fourth-order valence-electron chi connectivity index (χ4n) is 2.38. The minimum atomic E-state index is 0.261. The number of hydrogen-bond donors (Lipinski definition) is 1. The van der Waals surface area contributed by atoms with Gasteiger partial charge in [-0.1, -0.05) is 6.42 Å². The third-order valence-corrected chi connectivity index (χ3v) is 3.27. The molecule has 2 aliphatic heterocycles. The van der Waals surface area contributed by atoms with E-state index in [1.807, 2.05) is 0 Å². The molecule has 3 nitrogen and oxygen atoms in total. The Morgan fingerprint density at radius 3 is 2.93 bits per heavy atom. The van der Waals surface area contributed by atoms with Crippen LogP contribution in [-0.2, 0) is 9.53 Å². The van der Waals surface area contributed by atoms with Crippen LogP contribution in [0.2, 0.25) is 0 Å². The van der Waals surface area contributed by atoms with Crippen molar-refractivity contribution in [3.05, 3.63) is 0 Å². The van der Waals surface area contributed by atoms with Gasteiger partial charge in [-0.2, -0.15) is 0 Å². The largest absolute Gasteiger partial charge is 0.378 e. The molecule has 0 aromatic rings. The highest BCUT2D eigenvalue weighted by atomic mass is 16.5. The molecular weight excluding hydrogens is 178 g/mol. The van der Waals surface area contributed by atoms with Gasteiger partial charge in [0.25, 0.3) is 0 Å². The molecule has 0 bridgehead atoms. The second-order valence-electron chi connectivity index (χ2n) is 4.34. The molecule has 2 rings (SSSR count). The maximum absolute atomic E-state index is 11.3. The third-order valence-electron chi connectivity index (χ3n) is 3.27. The summed E-state index contributed by atoms with van der Waals surface area (Å²) < 4.78 is 5.54. The van der Waals surface area contributed by atoms with Crippen LogP contribution >= 0.6 is 0 Å². The average Bonchev–Trinajstić information content (AvgIpc) is 2.78. The summed E-state index contributed by atoms with van der Waals surface area (Å²) in [6, 6.07) is 0. The molecule has 2 fully saturated rings. The number of carbonyl (C=O) groups is 1. The van der Waals surface area contributed by atoms with E-state index in [4.69, 9.17) is 4.74 Å². The van der Waals surface area contributed by atoms with Crippen LogP contribution in [0.25, 0.3) is 0 Å². The lowest BCUT2D eigenvalue weighted by Gasteiger charge is -2.10. The topological polar surface area (TPSA) is 38.3 Å². The van der Waals surface area contributed by atoms with Crippen molar-refractivity contribution in [2.75, 3.05) is 13.2 Å². The van der Waals surface area contributed by atoms with Gasteiger partial charge in [0, 0.05) is 19.1 Å². The summed E-state index contributed by atoms with van der Waals surface area (Å²) in [6.07, 6.45) is 7.29. The molecule has 2 atom stereocenters. The van der Waals surface area contributed by atoms with Crippen LogP contribution in [0.3, 0.4) is 0 Å². The van der Waals surface area contributed by atoms with E-state index in [-0.39, 0.29) is 11.8 Å². The highest BCUT2D eigenvalue weighted by Gasteiger charge is 2.24. The predicted molar refractivity (Wildman–Crippen MR) is 53.9 cm³/mol. The van der Waals surface area contributed by atoms with E-state index in [0.717, 1.165) is 38.8 Å². The summed E-state index contributed by atoms with van der Waals surface area (Å²) in [5, 5.41) is 2.88. The number of rotatable bonds is 4. The maximum Gasteiger partial charge on any atom is 0.223 e. The fourth-order valence-corrected chi connectivity index (χ4v) is 2.38. The molecular formula is C11H19NO2. The first-order valence-electron chi connectivity index (χ1n) is 5.75. The Morgan fingerprint density at radius 2 is 2.29 bits per heavy atom. The summed E-state index contributed by atoms with van der Waals surface area (Å²) in [5.41, 5.74) is 0. The van der Waals surface area contributed by atoms with Crippen LogP contribution in [0, 0.1) is 5.92 Å². The zero-order valence-corrected chi connectivity index (χ0v) is 8.63. The van der Waals surface area contributed by atoms with Crippen molar-refractivity contribution >= 4 is 5.91 Å². The van der Waals surface area contributed by atoms with E-state index < -0.39 is 0 Å². The molecule has 0 spiro atoms. The van der Waals surface area contributed by atoms with Crippen molar-refractivity contribution in [3.63, 3.8) is 0 Å². The molecule has 2 saturated heterocycles. The van der Waals surface area contributed by atoms with Gasteiger partial charge in [-0.3, -0.25) is 4.79 Å². The SMILES string of the molecule is O=C1NCCC1CCCC1CCCO1. The molecule has 2 aliphatic rings. The van der Waals surface area contributed by atoms with Gasteiger partial charge in [-0.05, 0) is 32.1 Å². The Labute approximate surface area is 85.2 Å². The standard InChI is InChI=1S/C11H19NO2/c13-11-9(6-7-12-11)3-1-4-10-5-2-8-14-10/h9-10H,1-8H2,(H,12,13). The van der Waals surface area contributed by atoms with E-state index in [1.54, 1.807) is 0 Å². The summed E-state index contributed by atoms with van der Waals surface area (Å²) in [4.78, 5) is 11.3. The molecule has 0 radical (unpaired) electrons. The summed E-state index contributed by atoms with van der Waals surface area (Å²) in [7, 11) is 0. The molecule has 1 N–H and O–H groups in total. The van der Waals surface area contributed by atoms with Crippen LogP contribution in [0.4, 0.5) is 0 Å². The van der Waals surface area contributed by atoms with E-state index in [0.29, 0.717) is 6.10 Å². The van der Waals surface area contributed by atoms with Gasteiger partial charge in [0.2, 0.25) is 5.91 Å². The van der Waals surface area contributed by atoms with Crippen molar-refractivity contribution in [1.29, 1.82) is 0 Å². The molecule has 2 heterocycles. The highest BCUT2D eigenvalue weighted by Crippen LogP contribution is 2.22. The predicted octanol–water partition coefficient (Wildman–Crippen LogP) is 1.47. The van der Waals surface area contributed by atoms with E-state index in [9.17, 15) is 4.79 Å². The Hall–Kier alpha value is -0.570. The van der Waals surface area contributed by atoms with E-state index in [1.165, 1.54) is 12.8 Å². The lowest BCUT2D eigenvalue weighted by atomic mass is 9.99. The monoisotopic (exact) mass is 197 g/mol. The second kappa shape index (κ2) is 4.78. The van der Waals surface area contributed by atoms with Crippen LogP contribution in [0.15, 0.2) is 0 Å². The minimum Gasteiger partial charge on any atom is -0.378 e. The summed E-state index contributed by atoms with van der Waals surface area (Å²) >= 11 is 0.